The van der Waals surface area contributed by atoms with Gasteiger partial charge < -0.3 is 23.8 Å². The minimum atomic E-state index is -0.877. The maximum atomic E-state index is 12.7. The highest BCUT2D eigenvalue weighted by Gasteiger charge is 2.31. The molecule has 0 aromatic rings. The molecule has 0 radical (unpaired) electrons. The molecule has 0 aliphatic heterocycles. The number of nitrogens with zero attached hydrogens (tertiary/aromatic N) is 1. The van der Waals surface area contributed by atoms with E-state index in [0.29, 0.717) is 19.3 Å². The van der Waals surface area contributed by atoms with E-state index < -0.39 is 18.1 Å². The maximum absolute atomic E-state index is 12.7. The topological polar surface area (TPSA) is 99.1 Å². The van der Waals surface area contributed by atoms with E-state index >= 15 is 0 Å². The van der Waals surface area contributed by atoms with Gasteiger partial charge >= 0.3 is 17.9 Å². The van der Waals surface area contributed by atoms with E-state index in [2.05, 4.69) is 50.3 Å². The van der Waals surface area contributed by atoms with Crippen LogP contribution >= 0.6 is 0 Å². The number of ether oxygens (including phenoxy) is 3. The first-order valence-electron chi connectivity index (χ1n) is 23.0. The van der Waals surface area contributed by atoms with Crippen molar-refractivity contribution >= 4 is 17.9 Å². The average molecular weight is 791 g/mol. The van der Waals surface area contributed by atoms with Gasteiger partial charge in [0.2, 0.25) is 0 Å². The average Bonchev–Trinajstić information content (AvgIpc) is 3.15. The predicted molar refractivity (Wildman–Crippen MR) is 234 cm³/mol. The molecule has 0 aromatic heterocycles. The summed E-state index contributed by atoms with van der Waals surface area (Å²) < 4.78 is 17.3. The minimum Gasteiger partial charge on any atom is -0.477 e. The summed E-state index contributed by atoms with van der Waals surface area (Å²) in [6, 6.07) is -0.616. The molecule has 0 saturated heterocycles. The molecule has 0 fully saturated rings. The van der Waals surface area contributed by atoms with E-state index in [0.717, 1.165) is 64.2 Å². The van der Waals surface area contributed by atoms with Gasteiger partial charge in [0.1, 0.15) is 6.61 Å². The van der Waals surface area contributed by atoms with Crippen LogP contribution in [0.3, 0.4) is 0 Å². The van der Waals surface area contributed by atoms with Crippen LogP contribution in [0.1, 0.15) is 200 Å². The number of unbranched alkanes of at least 4 members (excludes halogenated alkanes) is 21. The molecule has 8 nitrogen and oxygen atoms in total. The SMILES string of the molecule is CCCCCC/C=C\C/C=C\CCCCCCCCCC(=O)OC(COCCC(C(=O)O)[N+](C)(C)C)COC(=O)CCCCCCC/C=C\CCCCCCC. The van der Waals surface area contributed by atoms with Crippen molar-refractivity contribution in [3.8, 4) is 0 Å². The van der Waals surface area contributed by atoms with Crippen molar-refractivity contribution in [3.05, 3.63) is 36.5 Å². The first-order chi connectivity index (χ1) is 27.1. The summed E-state index contributed by atoms with van der Waals surface area (Å²) in [7, 11) is 5.52. The molecule has 326 valence electrons. The quantitative estimate of drug-likeness (QED) is 0.0285. The van der Waals surface area contributed by atoms with Gasteiger partial charge in [0, 0.05) is 19.3 Å². The summed E-state index contributed by atoms with van der Waals surface area (Å²) in [5.41, 5.74) is 0. The number of rotatable bonds is 41. The highest BCUT2D eigenvalue weighted by atomic mass is 16.6. The van der Waals surface area contributed by atoms with Crippen LogP contribution in [0.5, 0.6) is 0 Å². The predicted octanol–water partition coefficient (Wildman–Crippen LogP) is 12.6. The Morgan fingerprint density at radius 3 is 1.41 bits per heavy atom. The van der Waals surface area contributed by atoms with Gasteiger partial charge in [0.25, 0.3) is 0 Å². The van der Waals surface area contributed by atoms with Crippen molar-refractivity contribution in [2.45, 2.75) is 212 Å². The third-order valence-corrected chi connectivity index (χ3v) is 10.3. The molecule has 0 spiro atoms. The first kappa shape index (κ1) is 53.6. The number of hydrogen-bond acceptors (Lipinski definition) is 6. The Bertz CT molecular complexity index is 1020. The van der Waals surface area contributed by atoms with Gasteiger partial charge in [-0.2, -0.15) is 0 Å². The van der Waals surface area contributed by atoms with Crippen LogP contribution < -0.4 is 0 Å². The Morgan fingerprint density at radius 1 is 0.536 bits per heavy atom. The Balaban J connectivity index is 4.34. The highest BCUT2D eigenvalue weighted by Crippen LogP contribution is 2.14. The monoisotopic (exact) mass is 791 g/mol. The number of carbonyl (C=O) groups is 3. The molecule has 0 rings (SSSR count). The molecule has 0 aromatic carbocycles. The van der Waals surface area contributed by atoms with Gasteiger partial charge in [0.05, 0.1) is 34.4 Å². The van der Waals surface area contributed by atoms with Gasteiger partial charge in [-0.05, 0) is 70.6 Å². The second-order valence-electron chi connectivity index (χ2n) is 16.7. The fourth-order valence-electron chi connectivity index (χ4n) is 6.65. The number of allylic oxidation sites excluding steroid dienone is 6. The largest absolute Gasteiger partial charge is 0.477 e. The second-order valence-corrected chi connectivity index (χ2v) is 16.7. The summed E-state index contributed by atoms with van der Waals surface area (Å²) in [5, 5.41) is 9.62. The summed E-state index contributed by atoms with van der Waals surface area (Å²) in [6.07, 6.45) is 44.6. The van der Waals surface area contributed by atoms with Crippen LogP contribution in [-0.4, -0.2) is 80.6 Å². The van der Waals surface area contributed by atoms with Crippen molar-refractivity contribution in [3.63, 3.8) is 0 Å². The normalized spacial score (nSPS) is 13.2. The number of carboxylic acids is 1. The van der Waals surface area contributed by atoms with Crippen LogP contribution in [0, 0.1) is 0 Å². The molecule has 0 heterocycles. The molecule has 0 aliphatic carbocycles. The Labute approximate surface area is 344 Å². The molecule has 56 heavy (non-hydrogen) atoms. The lowest BCUT2D eigenvalue weighted by molar-refractivity contribution is -0.887. The van der Waals surface area contributed by atoms with E-state index in [1.165, 1.54) is 103 Å². The number of quaternary nitrogens is 1. The van der Waals surface area contributed by atoms with Crippen molar-refractivity contribution in [2.24, 2.45) is 0 Å². The van der Waals surface area contributed by atoms with Gasteiger partial charge in [-0.15, -0.1) is 0 Å². The van der Waals surface area contributed by atoms with Crippen molar-refractivity contribution < 1.29 is 38.2 Å². The van der Waals surface area contributed by atoms with E-state index in [1.54, 1.807) is 0 Å². The molecular formula is C48H88NO7+. The highest BCUT2D eigenvalue weighted by molar-refractivity contribution is 5.72. The molecule has 0 bridgehead atoms. The van der Waals surface area contributed by atoms with Crippen molar-refractivity contribution in [1.82, 2.24) is 0 Å². The molecule has 8 heteroatoms. The van der Waals surface area contributed by atoms with E-state index in [1.807, 2.05) is 21.1 Å². The van der Waals surface area contributed by atoms with Crippen LogP contribution in [0.25, 0.3) is 0 Å². The zero-order valence-corrected chi connectivity index (χ0v) is 37.1. The zero-order chi connectivity index (χ0) is 41.4. The van der Waals surface area contributed by atoms with Crippen LogP contribution in [0.4, 0.5) is 0 Å². The molecule has 2 unspecified atom stereocenters. The number of likely N-dealkylation sites (N-methyl/N-ethyl adjacent to an activating group) is 1. The molecule has 2 atom stereocenters. The third kappa shape index (κ3) is 37.1. The zero-order valence-electron chi connectivity index (χ0n) is 37.1. The standard InChI is InChI=1S/C48H87NO7/c1-6-8-10-12-14-16-18-20-22-23-24-25-27-29-31-33-35-37-39-47(51)56-44(42-54-41-40-45(48(52)53)49(3,4)5)43-55-46(50)38-36-34-32-30-28-26-21-19-17-15-13-11-9-7-2/h16,18-19,21-23,44-45H,6-15,17,20,24-43H2,1-5H3/p+1/b18-16-,21-19-,23-22-. The minimum absolute atomic E-state index is 0.0564. The van der Waals surface area contributed by atoms with Gasteiger partial charge in [0.15, 0.2) is 12.1 Å². The van der Waals surface area contributed by atoms with Crippen LogP contribution in [-0.2, 0) is 28.6 Å². The number of carboxylic acid groups (broad SMARTS) is 1. The van der Waals surface area contributed by atoms with Gasteiger partial charge in [-0.1, -0.05) is 147 Å². The Morgan fingerprint density at radius 2 is 0.946 bits per heavy atom. The number of hydrogen-bond donors (Lipinski definition) is 1. The van der Waals surface area contributed by atoms with E-state index in [9.17, 15) is 19.5 Å². The smallest absolute Gasteiger partial charge is 0.362 e. The summed E-state index contributed by atoms with van der Waals surface area (Å²) >= 11 is 0. The molecule has 0 saturated carbocycles. The summed E-state index contributed by atoms with van der Waals surface area (Å²) in [5.74, 6) is -1.48. The molecular weight excluding hydrogens is 703 g/mol. The van der Waals surface area contributed by atoms with Crippen LogP contribution in [0.2, 0.25) is 0 Å². The number of aliphatic carboxylic acids is 1. The van der Waals surface area contributed by atoms with Gasteiger partial charge in [-0.3, -0.25) is 9.59 Å². The fourth-order valence-corrected chi connectivity index (χ4v) is 6.65. The van der Waals surface area contributed by atoms with E-state index in [4.69, 9.17) is 14.2 Å². The van der Waals surface area contributed by atoms with E-state index in [-0.39, 0.29) is 36.2 Å². The summed E-state index contributed by atoms with van der Waals surface area (Å²) in [4.78, 5) is 37.0. The molecule has 0 amide bonds. The third-order valence-electron chi connectivity index (χ3n) is 10.3. The Kier molecular flexibility index (Phi) is 37.7. The maximum Gasteiger partial charge on any atom is 0.362 e. The lowest BCUT2D eigenvalue weighted by Gasteiger charge is -2.31. The molecule has 1 N–H and O–H groups in total. The fraction of sp³-hybridized carbons (Fsp3) is 0.812. The second kappa shape index (κ2) is 39.4. The Hall–Kier alpha value is -2.45. The number of carbonyl (C=O) groups excluding carboxylic acids is 2. The van der Waals surface area contributed by atoms with Crippen molar-refractivity contribution in [1.29, 1.82) is 0 Å². The lowest BCUT2D eigenvalue weighted by atomic mass is 10.1. The van der Waals surface area contributed by atoms with Crippen LogP contribution in [0.15, 0.2) is 36.5 Å². The van der Waals surface area contributed by atoms with Crippen molar-refractivity contribution in [2.75, 3.05) is 41.0 Å². The van der Waals surface area contributed by atoms with Gasteiger partial charge in [-0.25, -0.2) is 4.79 Å². The number of esters is 2. The molecule has 0 aliphatic rings. The lowest BCUT2D eigenvalue weighted by Crippen LogP contribution is -2.50. The first-order valence-corrected chi connectivity index (χ1v) is 23.0. The summed E-state index contributed by atoms with van der Waals surface area (Å²) in [6.45, 7) is 4.70.